The van der Waals surface area contributed by atoms with Gasteiger partial charge in [0.2, 0.25) is 0 Å². The lowest BCUT2D eigenvalue weighted by Gasteiger charge is -2.17. The van der Waals surface area contributed by atoms with Crippen molar-refractivity contribution in [2.24, 2.45) is 0 Å². The summed E-state index contributed by atoms with van der Waals surface area (Å²) in [5, 5.41) is 13.8. The van der Waals surface area contributed by atoms with Crippen LogP contribution >= 0.6 is 11.6 Å². The van der Waals surface area contributed by atoms with Crippen LogP contribution in [0.3, 0.4) is 0 Å². The molecule has 1 N–H and O–H groups in total. The molecule has 0 spiro atoms. The summed E-state index contributed by atoms with van der Waals surface area (Å²) in [5.74, 6) is 0.339. The van der Waals surface area contributed by atoms with Crippen molar-refractivity contribution in [2.75, 3.05) is 11.9 Å². The van der Waals surface area contributed by atoms with Crippen molar-refractivity contribution in [2.45, 2.75) is 0 Å². The predicted molar refractivity (Wildman–Crippen MR) is 86.7 cm³/mol. The molecular weight excluding hydrogens is 320 g/mol. The number of nitrogens with zero attached hydrogens (tertiary/aromatic N) is 1. The Kier molecular flexibility index (Phi) is 3.99. The van der Waals surface area contributed by atoms with Gasteiger partial charge in [0.25, 0.3) is 11.6 Å². The van der Waals surface area contributed by atoms with Crippen LogP contribution in [0, 0.1) is 10.1 Å². The van der Waals surface area contributed by atoms with E-state index < -0.39 is 4.92 Å². The van der Waals surface area contributed by atoms with Gasteiger partial charge in [-0.25, -0.2) is 0 Å². The summed E-state index contributed by atoms with van der Waals surface area (Å²) in [5.41, 5.74) is 1.61. The topological polar surface area (TPSA) is 81.5 Å². The Morgan fingerprint density at radius 3 is 2.65 bits per heavy atom. The maximum Gasteiger partial charge on any atom is 0.269 e. The van der Waals surface area contributed by atoms with Crippen molar-refractivity contribution in [1.82, 2.24) is 0 Å². The lowest BCUT2D eigenvalue weighted by molar-refractivity contribution is -0.384. The number of hydrogen-bond donors (Lipinski definition) is 1. The van der Waals surface area contributed by atoms with Gasteiger partial charge in [-0.05, 0) is 36.4 Å². The van der Waals surface area contributed by atoms with E-state index in [0.717, 1.165) is 5.56 Å². The maximum atomic E-state index is 12.3. The molecule has 23 heavy (non-hydrogen) atoms. The number of non-ortho nitro benzene ring substituents is 1. The van der Waals surface area contributed by atoms with E-state index in [9.17, 15) is 14.9 Å². The van der Waals surface area contributed by atoms with E-state index in [1.165, 1.54) is 24.3 Å². The molecule has 0 radical (unpaired) electrons. The summed E-state index contributed by atoms with van der Waals surface area (Å²) in [6.07, 6.45) is 1.71. The molecule has 0 saturated heterocycles. The van der Waals surface area contributed by atoms with E-state index in [1.807, 2.05) is 0 Å². The molecule has 0 bridgehead atoms. The first-order valence-electron chi connectivity index (χ1n) is 6.71. The minimum Gasteiger partial charge on any atom is -0.488 e. The summed E-state index contributed by atoms with van der Waals surface area (Å²) in [6.45, 7) is 0.146. The fourth-order valence-electron chi connectivity index (χ4n) is 2.16. The number of fused-ring (bicyclic) bond motifs is 1. The number of carbonyl (C=O) groups is 1. The minimum atomic E-state index is -0.496. The third-order valence-corrected chi connectivity index (χ3v) is 3.55. The maximum absolute atomic E-state index is 12.3. The highest BCUT2D eigenvalue weighted by Gasteiger charge is 2.18. The summed E-state index contributed by atoms with van der Waals surface area (Å²) < 4.78 is 5.52. The molecular formula is C16H11ClN2O4. The van der Waals surface area contributed by atoms with Crippen LogP contribution in [-0.2, 0) is 4.79 Å². The number of hydrogen-bond acceptors (Lipinski definition) is 4. The molecule has 0 unspecified atom stereocenters. The molecule has 2 aromatic rings. The number of nitrogens with one attached hydrogen (secondary N) is 1. The number of ether oxygens (including phenoxy) is 1. The molecule has 6 nitrogen and oxygen atoms in total. The summed E-state index contributed by atoms with van der Waals surface area (Å²) in [4.78, 5) is 22.4. The lowest BCUT2D eigenvalue weighted by atomic mass is 10.1. The van der Waals surface area contributed by atoms with Gasteiger partial charge in [0.15, 0.2) is 0 Å². The number of amides is 1. The number of nitro groups is 1. The zero-order valence-electron chi connectivity index (χ0n) is 11.8. The normalized spacial score (nSPS) is 12.7. The fraction of sp³-hybridized carbons (Fsp3) is 0.0625. The van der Waals surface area contributed by atoms with E-state index in [4.69, 9.17) is 16.3 Å². The molecule has 116 valence electrons. The van der Waals surface area contributed by atoms with Gasteiger partial charge in [0.1, 0.15) is 12.4 Å². The molecule has 0 saturated carbocycles. The zero-order chi connectivity index (χ0) is 16.4. The van der Waals surface area contributed by atoms with Crippen LogP contribution in [0.5, 0.6) is 5.75 Å². The third kappa shape index (κ3) is 3.32. The van der Waals surface area contributed by atoms with Crippen molar-refractivity contribution in [3.05, 3.63) is 68.7 Å². The second-order valence-corrected chi connectivity index (χ2v) is 5.33. The SMILES string of the molecule is O=C(Nc1ccc([N+](=O)[O-])cc1)C1=Cc2cc(Cl)ccc2OC1. The van der Waals surface area contributed by atoms with E-state index in [1.54, 1.807) is 24.3 Å². The zero-order valence-corrected chi connectivity index (χ0v) is 12.5. The number of anilines is 1. The molecule has 1 aliphatic heterocycles. The average Bonchev–Trinajstić information content (AvgIpc) is 2.54. The van der Waals surface area contributed by atoms with Crippen molar-refractivity contribution in [3.8, 4) is 5.75 Å². The smallest absolute Gasteiger partial charge is 0.269 e. The first-order valence-corrected chi connectivity index (χ1v) is 7.09. The van der Waals surface area contributed by atoms with Crippen LogP contribution in [0.2, 0.25) is 5.02 Å². The van der Waals surface area contributed by atoms with Crippen LogP contribution < -0.4 is 10.1 Å². The van der Waals surface area contributed by atoms with Crippen molar-refractivity contribution < 1.29 is 14.5 Å². The first-order chi connectivity index (χ1) is 11.0. The van der Waals surface area contributed by atoms with Crippen molar-refractivity contribution in [1.29, 1.82) is 0 Å². The highest BCUT2D eigenvalue weighted by Crippen LogP contribution is 2.29. The molecule has 0 aromatic heterocycles. The monoisotopic (exact) mass is 330 g/mol. The lowest BCUT2D eigenvalue weighted by Crippen LogP contribution is -2.21. The summed E-state index contributed by atoms with van der Waals surface area (Å²) in [6, 6.07) is 10.8. The van der Waals surface area contributed by atoms with Gasteiger partial charge in [-0.2, -0.15) is 0 Å². The second kappa shape index (κ2) is 6.10. The van der Waals surface area contributed by atoms with Crippen LogP contribution in [0.4, 0.5) is 11.4 Å². The number of halogens is 1. The van der Waals surface area contributed by atoms with Crippen LogP contribution in [0.1, 0.15) is 5.56 Å². The molecule has 1 aliphatic rings. The molecule has 2 aromatic carbocycles. The quantitative estimate of drug-likeness (QED) is 0.687. The van der Waals surface area contributed by atoms with Crippen molar-refractivity contribution in [3.63, 3.8) is 0 Å². The largest absolute Gasteiger partial charge is 0.488 e. The van der Waals surface area contributed by atoms with Gasteiger partial charge in [0, 0.05) is 28.4 Å². The fourth-order valence-corrected chi connectivity index (χ4v) is 2.34. The Balaban J connectivity index is 1.77. The molecule has 0 fully saturated rings. The molecule has 0 aliphatic carbocycles. The van der Waals surface area contributed by atoms with Gasteiger partial charge in [-0.15, -0.1) is 0 Å². The van der Waals surface area contributed by atoms with E-state index >= 15 is 0 Å². The average molecular weight is 331 g/mol. The summed E-state index contributed by atoms with van der Waals surface area (Å²) >= 11 is 5.93. The summed E-state index contributed by atoms with van der Waals surface area (Å²) in [7, 11) is 0. The number of benzene rings is 2. The third-order valence-electron chi connectivity index (χ3n) is 3.31. The number of rotatable bonds is 3. The Labute approximate surface area is 136 Å². The standard InChI is InChI=1S/C16H11ClN2O4/c17-12-1-6-15-10(8-12)7-11(9-23-15)16(20)18-13-2-4-14(5-3-13)19(21)22/h1-8H,9H2,(H,18,20). The van der Waals surface area contributed by atoms with Crippen LogP contribution in [0.25, 0.3) is 6.08 Å². The van der Waals surface area contributed by atoms with E-state index in [0.29, 0.717) is 22.0 Å². The van der Waals surface area contributed by atoms with E-state index in [-0.39, 0.29) is 18.2 Å². The highest BCUT2D eigenvalue weighted by molar-refractivity contribution is 6.30. The van der Waals surface area contributed by atoms with Gasteiger partial charge in [0.05, 0.1) is 10.5 Å². The Bertz CT molecular complexity index is 815. The Morgan fingerprint density at radius 1 is 1.22 bits per heavy atom. The second-order valence-electron chi connectivity index (χ2n) is 4.90. The molecule has 7 heteroatoms. The van der Waals surface area contributed by atoms with Crippen LogP contribution in [0.15, 0.2) is 48.0 Å². The van der Waals surface area contributed by atoms with Gasteiger partial charge < -0.3 is 10.1 Å². The number of carbonyl (C=O) groups excluding carboxylic acids is 1. The highest BCUT2D eigenvalue weighted by atomic mass is 35.5. The Morgan fingerprint density at radius 2 is 1.96 bits per heavy atom. The first kappa shape index (κ1) is 15.1. The molecule has 1 heterocycles. The molecule has 3 rings (SSSR count). The molecule has 1 amide bonds. The molecule has 0 atom stereocenters. The predicted octanol–water partition coefficient (Wildman–Crippen LogP) is 3.66. The van der Waals surface area contributed by atoms with Crippen LogP contribution in [-0.4, -0.2) is 17.4 Å². The van der Waals surface area contributed by atoms with Crippen molar-refractivity contribution >= 4 is 35.0 Å². The minimum absolute atomic E-state index is 0.0354. The van der Waals surface area contributed by atoms with Gasteiger partial charge >= 0.3 is 0 Å². The Hall–Kier alpha value is -2.86. The van der Waals surface area contributed by atoms with E-state index in [2.05, 4.69) is 5.32 Å². The number of nitro benzene ring substituents is 1. The van der Waals surface area contributed by atoms with Gasteiger partial charge in [-0.1, -0.05) is 11.6 Å². The van der Waals surface area contributed by atoms with Gasteiger partial charge in [-0.3, -0.25) is 14.9 Å².